The molecule has 1 aromatic rings. The smallest absolute Gasteiger partial charge is 0.319 e. The van der Waals surface area contributed by atoms with Crippen LogP contribution in [0.5, 0.6) is 0 Å². The molecule has 0 saturated heterocycles. The van der Waals surface area contributed by atoms with E-state index in [0.29, 0.717) is 17.9 Å². The van der Waals surface area contributed by atoms with Gasteiger partial charge in [0.15, 0.2) is 0 Å². The van der Waals surface area contributed by atoms with Crippen LogP contribution in [0.2, 0.25) is 0 Å². The Hall–Kier alpha value is -1.76. The SMILES string of the molecule is CCC(C)NC(=O)Nc1ccc2c(c1)CCCN2S(C)(=O)=O. The summed E-state index contributed by atoms with van der Waals surface area (Å²) in [5, 5.41) is 5.63. The third kappa shape index (κ3) is 3.91. The minimum Gasteiger partial charge on any atom is -0.335 e. The van der Waals surface area contributed by atoms with E-state index in [2.05, 4.69) is 10.6 Å². The number of anilines is 2. The molecule has 1 unspecified atom stereocenters. The summed E-state index contributed by atoms with van der Waals surface area (Å²) in [5.41, 5.74) is 2.33. The molecule has 2 N–H and O–H groups in total. The quantitative estimate of drug-likeness (QED) is 0.891. The van der Waals surface area contributed by atoms with Gasteiger partial charge in [0.2, 0.25) is 10.0 Å². The van der Waals surface area contributed by atoms with Crippen molar-refractivity contribution in [2.24, 2.45) is 0 Å². The van der Waals surface area contributed by atoms with Gasteiger partial charge in [0, 0.05) is 18.3 Å². The molecule has 0 radical (unpaired) electrons. The lowest BCUT2D eigenvalue weighted by Crippen LogP contribution is -2.36. The molecule has 2 amide bonds. The van der Waals surface area contributed by atoms with Gasteiger partial charge in [-0.2, -0.15) is 0 Å². The van der Waals surface area contributed by atoms with Crippen molar-refractivity contribution in [3.63, 3.8) is 0 Å². The summed E-state index contributed by atoms with van der Waals surface area (Å²) in [7, 11) is -3.26. The van der Waals surface area contributed by atoms with E-state index in [4.69, 9.17) is 0 Å². The number of hydrogen-bond acceptors (Lipinski definition) is 3. The Morgan fingerprint density at radius 2 is 2.14 bits per heavy atom. The van der Waals surface area contributed by atoms with Gasteiger partial charge in [0.1, 0.15) is 0 Å². The van der Waals surface area contributed by atoms with Gasteiger partial charge in [-0.1, -0.05) is 6.92 Å². The predicted molar refractivity (Wildman–Crippen MR) is 88.9 cm³/mol. The molecular formula is C15H23N3O3S. The Balaban J connectivity index is 2.16. The van der Waals surface area contributed by atoms with Gasteiger partial charge in [-0.3, -0.25) is 4.31 Å². The van der Waals surface area contributed by atoms with Gasteiger partial charge < -0.3 is 10.6 Å². The fraction of sp³-hybridized carbons (Fsp3) is 0.533. The molecule has 0 aliphatic carbocycles. The number of sulfonamides is 1. The second-order valence-electron chi connectivity index (χ2n) is 5.69. The highest BCUT2D eigenvalue weighted by atomic mass is 32.2. The average Bonchev–Trinajstić information content (AvgIpc) is 2.45. The topological polar surface area (TPSA) is 78.5 Å². The Morgan fingerprint density at radius 1 is 1.41 bits per heavy atom. The predicted octanol–water partition coefficient (Wildman–Crippen LogP) is 2.32. The second-order valence-corrected chi connectivity index (χ2v) is 7.60. The Labute approximate surface area is 131 Å². The maximum absolute atomic E-state index is 11.8. The normalized spacial score (nSPS) is 15.9. The van der Waals surface area contributed by atoms with Crippen molar-refractivity contribution in [3.8, 4) is 0 Å². The number of aryl methyl sites for hydroxylation is 1. The van der Waals surface area contributed by atoms with E-state index in [-0.39, 0.29) is 12.1 Å². The van der Waals surface area contributed by atoms with Gasteiger partial charge in [-0.25, -0.2) is 13.2 Å². The van der Waals surface area contributed by atoms with Crippen molar-refractivity contribution in [2.75, 3.05) is 22.4 Å². The van der Waals surface area contributed by atoms with Crippen LogP contribution >= 0.6 is 0 Å². The third-order valence-electron chi connectivity index (χ3n) is 3.80. The Bertz CT molecular complexity index is 658. The Morgan fingerprint density at radius 3 is 2.77 bits per heavy atom. The van der Waals surface area contributed by atoms with Crippen molar-refractivity contribution < 1.29 is 13.2 Å². The monoisotopic (exact) mass is 325 g/mol. The van der Waals surface area contributed by atoms with Crippen LogP contribution in [0.3, 0.4) is 0 Å². The molecule has 0 spiro atoms. The first-order valence-electron chi connectivity index (χ1n) is 7.49. The zero-order chi connectivity index (χ0) is 16.3. The molecular weight excluding hydrogens is 302 g/mol. The molecule has 122 valence electrons. The molecule has 1 heterocycles. The molecule has 22 heavy (non-hydrogen) atoms. The molecule has 2 rings (SSSR count). The van der Waals surface area contributed by atoms with E-state index < -0.39 is 10.0 Å². The fourth-order valence-corrected chi connectivity index (χ4v) is 3.47. The lowest BCUT2D eigenvalue weighted by atomic mass is 10.0. The molecule has 1 aromatic carbocycles. The summed E-state index contributed by atoms with van der Waals surface area (Å²) in [4.78, 5) is 11.8. The first-order valence-corrected chi connectivity index (χ1v) is 9.34. The maximum atomic E-state index is 11.8. The third-order valence-corrected chi connectivity index (χ3v) is 4.98. The van der Waals surface area contributed by atoms with Gasteiger partial charge in [-0.05, 0) is 49.9 Å². The highest BCUT2D eigenvalue weighted by Gasteiger charge is 2.24. The molecule has 1 aliphatic heterocycles. The van der Waals surface area contributed by atoms with E-state index in [0.717, 1.165) is 24.8 Å². The van der Waals surface area contributed by atoms with Crippen molar-refractivity contribution in [3.05, 3.63) is 23.8 Å². The zero-order valence-electron chi connectivity index (χ0n) is 13.2. The molecule has 0 fully saturated rings. The van der Waals surface area contributed by atoms with Gasteiger partial charge in [0.25, 0.3) is 0 Å². The molecule has 0 aromatic heterocycles. The van der Waals surface area contributed by atoms with E-state index in [9.17, 15) is 13.2 Å². The Kier molecular flexibility index (Phi) is 4.95. The van der Waals surface area contributed by atoms with Crippen LogP contribution in [-0.2, 0) is 16.4 Å². The van der Waals surface area contributed by atoms with Crippen LogP contribution in [0, 0.1) is 0 Å². The number of hydrogen-bond donors (Lipinski definition) is 2. The van der Waals surface area contributed by atoms with Crippen LogP contribution in [0.1, 0.15) is 32.3 Å². The minimum atomic E-state index is -3.26. The van der Waals surface area contributed by atoms with Gasteiger partial charge >= 0.3 is 6.03 Å². The van der Waals surface area contributed by atoms with Crippen LogP contribution in [0.4, 0.5) is 16.2 Å². The summed E-state index contributed by atoms with van der Waals surface area (Å²) in [5.74, 6) is 0. The molecule has 6 nitrogen and oxygen atoms in total. The number of nitrogens with one attached hydrogen (secondary N) is 2. The fourth-order valence-electron chi connectivity index (χ4n) is 2.48. The first kappa shape index (κ1) is 16.6. The molecule has 1 atom stereocenters. The summed E-state index contributed by atoms with van der Waals surface area (Å²) < 4.78 is 25.0. The highest BCUT2D eigenvalue weighted by Crippen LogP contribution is 2.31. The average molecular weight is 325 g/mol. The van der Waals surface area contributed by atoms with E-state index in [1.54, 1.807) is 12.1 Å². The molecule has 0 bridgehead atoms. The second kappa shape index (κ2) is 6.56. The zero-order valence-corrected chi connectivity index (χ0v) is 14.0. The lowest BCUT2D eigenvalue weighted by molar-refractivity contribution is 0.249. The van der Waals surface area contributed by atoms with Crippen LogP contribution < -0.4 is 14.9 Å². The summed E-state index contributed by atoms with van der Waals surface area (Å²) in [6.07, 6.45) is 3.67. The number of rotatable bonds is 4. The number of urea groups is 1. The number of nitrogens with zero attached hydrogens (tertiary/aromatic N) is 1. The molecule has 0 saturated carbocycles. The summed E-state index contributed by atoms with van der Waals surface area (Å²) in [6.45, 7) is 4.45. The van der Waals surface area contributed by atoms with Crippen molar-refractivity contribution in [1.82, 2.24) is 5.32 Å². The van der Waals surface area contributed by atoms with Crippen molar-refractivity contribution in [2.45, 2.75) is 39.2 Å². The lowest BCUT2D eigenvalue weighted by Gasteiger charge is -2.29. The first-order chi connectivity index (χ1) is 10.3. The van der Waals surface area contributed by atoms with Crippen molar-refractivity contribution in [1.29, 1.82) is 0 Å². The summed E-state index contributed by atoms with van der Waals surface area (Å²) in [6, 6.07) is 5.21. The minimum absolute atomic E-state index is 0.110. The van der Waals surface area contributed by atoms with E-state index in [1.165, 1.54) is 10.6 Å². The van der Waals surface area contributed by atoms with Crippen LogP contribution in [-0.4, -0.2) is 33.3 Å². The van der Waals surface area contributed by atoms with Crippen LogP contribution in [0.25, 0.3) is 0 Å². The molecule has 1 aliphatic rings. The molecule has 7 heteroatoms. The van der Waals surface area contributed by atoms with Crippen molar-refractivity contribution >= 4 is 27.4 Å². The van der Waals surface area contributed by atoms with E-state index >= 15 is 0 Å². The number of carbonyl (C=O) groups excluding carboxylic acids is 1. The number of fused-ring (bicyclic) bond motifs is 1. The standard InChI is InChI=1S/C15H23N3O3S/c1-4-11(2)16-15(19)17-13-7-8-14-12(10-13)6-5-9-18(14)22(3,20)21/h7-8,10-11H,4-6,9H2,1-3H3,(H2,16,17,19). The number of carbonyl (C=O) groups is 1. The van der Waals surface area contributed by atoms with E-state index in [1.807, 2.05) is 19.9 Å². The largest absolute Gasteiger partial charge is 0.335 e. The van der Waals surface area contributed by atoms with Gasteiger partial charge in [-0.15, -0.1) is 0 Å². The summed E-state index contributed by atoms with van der Waals surface area (Å²) >= 11 is 0. The van der Waals surface area contributed by atoms with Crippen LogP contribution in [0.15, 0.2) is 18.2 Å². The highest BCUT2D eigenvalue weighted by molar-refractivity contribution is 7.92. The maximum Gasteiger partial charge on any atom is 0.319 e. The number of benzene rings is 1. The number of amides is 2. The van der Waals surface area contributed by atoms with Gasteiger partial charge in [0.05, 0.1) is 11.9 Å².